The first-order valence-corrected chi connectivity index (χ1v) is 6.50. The molecule has 0 aliphatic carbocycles. The molecule has 1 amide bonds. The molecule has 0 saturated carbocycles. The number of amides is 1. The van der Waals surface area contributed by atoms with Crippen LogP contribution in [0.15, 0.2) is 53.3 Å². The predicted molar refractivity (Wildman–Crippen MR) is 77.7 cm³/mol. The molecule has 7 heteroatoms. The third kappa shape index (κ3) is 3.26. The number of para-hydroxylation sites is 1. The summed E-state index contributed by atoms with van der Waals surface area (Å²) in [5.41, 5.74) is 0.633. The van der Waals surface area contributed by atoms with Crippen LogP contribution < -0.4 is 10.1 Å². The SMILES string of the molecule is Cc1cc(C(=O)Nc2cnc(Oc3ccccc3)nc2)no1. The van der Waals surface area contributed by atoms with Gasteiger partial charge in [-0.2, -0.15) is 0 Å². The van der Waals surface area contributed by atoms with Crippen LogP contribution in [0, 0.1) is 6.92 Å². The number of hydrogen-bond acceptors (Lipinski definition) is 6. The molecule has 1 aromatic carbocycles. The monoisotopic (exact) mass is 296 g/mol. The van der Waals surface area contributed by atoms with Crippen LogP contribution >= 0.6 is 0 Å². The van der Waals surface area contributed by atoms with Gasteiger partial charge in [0.25, 0.3) is 5.91 Å². The van der Waals surface area contributed by atoms with Crippen LogP contribution in [0.2, 0.25) is 0 Å². The molecule has 0 bridgehead atoms. The lowest BCUT2D eigenvalue weighted by atomic mass is 10.3. The zero-order valence-corrected chi connectivity index (χ0v) is 11.7. The van der Waals surface area contributed by atoms with E-state index in [1.807, 2.05) is 18.2 Å². The van der Waals surface area contributed by atoms with E-state index < -0.39 is 5.91 Å². The second-order valence-electron chi connectivity index (χ2n) is 4.45. The summed E-state index contributed by atoms with van der Waals surface area (Å²) in [6.45, 7) is 1.71. The fourth-order valence-corrected chi connectivity index (χ4v) is 1.70. The summed E-state index contributed by atoms with van der Waals surface area (Å²) in [6, 6.07) is 10.9. The maximum atomic E-state index is 11.9. The molecule has 7 nitrogen and oxygen atoms in total. The van der Waals surface area contributed by atoms with Gasteiger partial charge in [-0.1, -0.05) is 23.4 Å². The first-order chi connectivity index (χ1) is 10.7. The number of aryl methyl sites for hydroxylation is 1. The molecule has 22 heavy (non-hydrogen) atoms. The summed E-state index contributed by atoms with van der Waals surface area (Å²) in [4.78, 5) is 20.0. The molecule has 0 aliphatic heterocycles. The van der Waals surface area contributed by atoms with Gasteiger partial charge >= 0.3 is 6.01 Å². The van der Waals surface area contributed by atoms with Crippen LogP contribution in [-0.4, -0.2) is 21.0 Å². The average molecular weight is 296 g/mol. The van der Waals surface area contributed by atoms with E-state index in [1.54, 1.807) is 25.1 Å². The number of nitrogens with zero attached hydrogens (tertiary/aromatic N) is 3. The zero-order chi connectivity index (χ0) is 15.4. The number of anilines is 1. The van der Waals surface area contributed by atoms with E-state index in [4.69, 9.17) is 9.26 Å². The molecule has 0 spiro atoms. The number of nitrogens with one attached hydrogen (secondary N) is 1. The van der Waals surface area contributed by atoms with Crippen molar-refractivity contribution in [2.24, 2.45) is 0 Å². The van der Waals surface area contributed by atoms with E-state index in [-0.39, 0.29) is 11.7 Å². The first kappa shape index (κ1) is 13.7. The second-order valence-corrected chi connectivity index (χ2v) is 4.45. The maximum Gasteiger partial charge on any atom is 0.322 e. The normalized spacial score (nSPS) is 10.2. The lowest BCUT2D eigenvalue weighted by molar-refractivity contribution is 0.101. The predicted octanol–water partition coefficient (Wildman–Crippen LogP) is 2.82. The van der Waals surface area contributed by atoms with Crippen LogP contribution in [-0.2, 0) is 0 Å². The van der Waals surface area contributed by atoms with Gasteiger partial charge in [0.1, 0.15) is 11.5 Å². The van der Waals surface area contributed by atoms with Crippen LogP contribution in [0.4, 0.5) is 5.69 Å². The first-order valence-electron chi connectivity index (χ1n) is 6.50. The van der Waals surface area contributed by atoms with E-state index in [9.17, 15) is 4.79 Å². The van der Waals surface area contributed by atoms with E-state index in [1.165, 1.54) is 12.4 Å². The molecule has 0 radical (unpaired) electrons. The third-order valence-corrected chi connectivity index (χ3v) is 2.70. The molecule has 110 valence electrons. The standard InChI is InChI=1S/C15H12N4O3/c1-10-7-13(19-22-10)14(20)18-11-8-16-15(17-9-11)21-12-5-3-2-4-6-12/h2-9H,1H3,(H,18,20). The van der Waals surface area contributed by atoms with Crippen molar-refractivity contribution in [3.05, 3.63) is 60.2 Å². The molecule has 2 heterocycles. The summed E-state index contributed by atoms with van der Waals surface area (Å²) in [5, 5.41) is 6.25. The summed E-state index contributed by atoms with van der Waals surface area (Å²) >= 11 is 0. The molecule has 0 unspecified atom stereocenters. The molecule has 3 aromatic rings. The van der Waals surface area contributed by atoms with Crippen molar-refractivity contribution in [3.63, 3.8) is 0 Å². The van der Waals surface area contributed by atoms with Gasteiger partial charge in [0, 0.05) is 6.07 Å². The smallest absolute Gasteiger partial charge is 0.322 e. The van der Waals surface area contributed by atoms with Gasteiger partial charge in [0.05, 0.1) is 18.1 Å². The minimum Gasteiger partial charge on any atom is -0.424 e. The van der Waals surface area contributed by atoms with Gasteiger partial charge in [0.15, 0.2) is 5.69 Å². The highest BCUT2D eigenvalue weighted by atomic mass is 16.5. The van der Waals surface area contributed by atoms with E-state index in [0.29, 0.717) is 17.2 Å². The zero-order valence-electron chi connectivity index (χ0n) is 11.7. The summed E-state index contributed by atoms with van der Waals surface area (Å²) in [6.07, 6.45) is 2.91. The summed E-state index contributed by atoms with van der Waals surface area (Å²) in [7, 11) is 0. The molecule has 0 saturated heterocycles. The molecule has 0 fully saturated rings. The van der Waals surface area contributed by atoms with Crippen molar-refractivity contribution >= 4 is 11.6 Å². The third-order valence-electron chi connectivity index (χ3n) is 2.70. The van der Waals surface area contributed by atoms with Crippen LogP contribution in [0.3, 0.4) is 0 Å². The minimum atomic E-state index is -0.392. The van der Waals surface area contributed by atoms with Gasteiger partial charge in [-0.3, -0.25) is 4.79 Å². The van der Waals surface area contributed by atoms with Crippen LogP contribution in [0.5, 0.6) is 11.8 Å². The number of carbonyl (C=O) groups excluding carboxylic acids is 1. The van der Waals surface area contributed by atoms with Gasteiger partial charge in [-0.05, 0) is 19.1 Å². The fraction of sp³-hybridized carbons (Fsp3) is 0.0667. The highest BCUT2D eigenvalue weighted by molar-refractivity contribution is 6.02. The van der Waals surface area contributed by atoms with Crippen molar-refractivity contribution in [1.82, 2.24) is 15.1 Å². The Balaban J connectivity index is 1.65. The molecule has 0 aliphatic rings. The van der Waals surface area contributed by atoms with Crippen molar-refractivity contribution < 1.29 is 14.1 Å². The van der Waals surface area contributed by atoms with Crippen LogP contribution in [0.1, 0.15) is 16.2 Å². The van der Waals surface area contributed by atoms with Gasteiger partial charge in [0.2, 0.25) is 0 Å². The Labute approximate surface area is 126 Å². The van der Waals surface area contributed by atoms with Gasteiger partial charge in [-0.25, -0.2) is 9.97 Å². The van der Waals surface area contributed by atoms with Gasteiger partial charge < -0.3 is 14.6 Å². The quantitative estimate of drug-likeness (QED) is 0.796. The number of rotatable bonds is 4. The maximum absolute atomic E-state index is 11.9. The molecule has 0 atom stereocenters. The Bertz CT molecular complexity index is 769. The summed E-state index contributed by atoms with van der Waals surface area (Å²) < 4.78 is 10.3. The fourth-order valence-electron chi connectivity index (χ4n) is 1.70. The minimum absolute atomic E-state index is 0.196. The highest BCUT2D eigenvalue weighted by Gasteiger charge is 2.11. The Morgan fingerprint density at radius 1 is 1.18 bits per heavy atom. The van der Waals surface area contributed by atoms with E-state index in [0.717, 1.165) is 0 Å². The molecular formula is C15H12N4O3. The number of ether oxygens (including phenoxy) is 1. The number of hydrogen-bond donors (Lipinski definition) is 1. The van der Waals surface area contributed by atoms with E-state index in [2.05, 4.69) is 20.4 Å². The topological polar surface area (TPSA) is 90.1 Å². The Kier molecular flexibility index (Phi) is 3.78. The number of carbonyl (C=O) groups is 1. The summed E-state index contributed by atoms with van der Waals surface area (Å²) in [5.74, 6) is 0.808. The van der Waals surface area contributed by atoms with E-state index >= 15 is 0 Å². The highest BCUT2D eigenvalue weighted by Crippen LogP contribution is 2.17. The average Bonchev–Trinajstić information content (AvgIpc) is 2.97. The Morgan fingerprint density at radius 2 is 1.91 bits per heavy atom. The van der Waals surface area contributed by atoms with Crippen molar-refractivity contribution in [1.29, 1.82) is 0 Å². The lowest BCUT2D eigenvalue weighted by Crippen LogP contribution is -2.12. The Hall–Kier alpha value is -3.22. The largest absolute Gasteiger partial charge is 0.424 e. The molecular weight excluding hydrogens is 284 g/mol. The number of aromatic nitrogens is 3. The number of benzene rings is 1. The van der Waals surface area contributed by atoms with Crippen molar-refractivity contribution in [3.8, 4) is 11.8 Å². The second kappa shape index (κ2) is 6.04. The van der Waals surface area contributed by atoms with Crippen molar-refractivity contribution in [2.45, 2.75) is 6.92 Å². The van der Waals surface area contributed by atoms with Crippen molar-refractivity contribution in [2.75, 3.05) is 5.32 Å². The lowest BCUT2D eigenvalue weighted by Gasteiger charge is -2.05. The molecule has 1 N–H and O–H groups in total. The Morgan fingerprint density at radius 3 is 2.55 bits per heavy atom. The van der Waals surface area contributed by atoms with Gasteiger partial charge in [-0.15, -0.1) is 0 Å². The van der Waals surface area contributed by atoms with Crippen LogP contribution in [0.25, 0.3) is 0 Å². The molecule has 2 aromatic heterocycles. The molecule has 3 rings (SSSR count).